The zero-order chi connectivity index (χ0) is 22.1. The maximum atomic E-state index is 12.2. The Morgan fingerprint density at radius 1 is 0.968 bits per heavy atom. The zero-order valence-electron chi connectivity index (χ0n) is 16.6. The molecular formula is C23H21N3O4S. The first-order valence-corrected chi connectivity index (χ1v) is 10.1. The average Bonchev–Trinajstić information content (AvgIpc) is 2.78. The second-order valence-electron chi connectivity index (χ2n) is 6.67. The Morgan fingerprint density at radius 2 is 1.65 bits per heavy atom. The first-order chi connectivity index (χ1) is 15.0. The number of hydrogen-bond donors (Lipinski definition) is 2. The van der Waals surface area contributed by atoms with Crippen LogP contribution in [0.5, 0.6) is 5.75 Å². The van der Waals surface area contributed by atoms with E-state index in [2.05, 4.69) is 22.8 Å². The van der Waals surface area contributed by atoms with Gasteiger partial charge in [0.1, 0.15) is 5.75 Å². The van der Waals surface area contributed by atoms with Crippen LogP contribution in [0.3, 0.4) is 0 Å². The molecule has 2 N–H and O–H groups in total. The van der Waals surface area contributed by atoms with Gasteiger partial charge in [-0.05, 0) is 67.0 Å². The van der Waals surface area contributed by atoms with Gasteiger partial charge in [-0.3, -0.25) is 20.2 Å². The molecule has 0 aliphatic heterocycles. The molecule has 0 heterocycles. The van der Waals surface area contributed by atoms with E-state index in [0.717, 1.165) is 18.6 Å². The van der Waals surface area contributed by atoms with Crippen LogP contribution in [0.25, 0.3) is 0 Å². The van der Waals surface area contributed by atoms with Gasteiger partial charge < -0.3 is 10.1 Å². The highest BCUT2D eigenvalue weighted by molar-refractivity contribution is 7.80. The van der Waals surface area contributed by atoms with Crippen molar-refractivity contribution in [3.05, 3.63) is 100 Å². The molecule has 8 heteroatoms. The summed E-state index contributed by atoms with van der Waals surface area (Å²) in [5.74, 6) is 0.296. The molecule has 0 spiro atoms. The number of carbonyl (C=O) groups is 1. The van der Waals surface area contributed by atoms with Crippen LogP contribution >= 0.6 is 12.2 Å². The van der Waals surface area contributed by atoms with Gasteiger partial charge in [-0.1, -0.05) is 30.3 Å². The van der Waals surface area contributed by atoms with Gasteiger partial charge in [-0.25, -0.2) is 0 Å². The monoisotopic (exact) mass is 435 g/mol. The number of non-ortho nitro benzene ring substituents is 1. The Bertz CT molecular complexity index is 1040. The molecule has 0 bridgehead atoms. The minimum atomic E-state index is -0.523. The maximum absolute atomic E-state index is 12.2. The molecule has 3 rings (SSSR count). The first-order valence-electron chi connectivity index (χ1n) is 9.65. The van der Waals surface area contributed by atoms with E-state index in [4.69, 9.17) is 17.0 Å². The van der Waals surface area contributed by atoms with Gasteiger partial charge in [0.15, 0.2) is 5.11 Å². The van der Waals surface area contributed by atoms with Gasteiger partial charge in [0, 0.05) is 23.4 Å². The highest BCUT2D eigenvalue weighted by Gasteiger charge is 2.11. The standard InChI is InChI=1S/C23H21N3O4S/c27-22(18-8-12-20(13-9-18)26(28)29)25-23(31)24-19-10-14-21(15-11-19)30-16-4-7-17-5-2-1-3-6-17/h1-3,5-6,8-15H,4,7,16H2,(H2,24,25,27,31). The fraction of sp³-hybridized carbons (Fsp3) is 0.130. The number of aryl methyl sites for hydroxylation is 1. The Labute approximate surface area is 185 Å². The third kappa shape index (κ3) is 6.90. The van der Waals surface area contributed by atoms with Crippen molar-refractivity contribution in [3.8, 4) is 5.75 Å². The number of hydrogen-bond acceptors (Lipinski definition) is 5. The molecule has 7 nitrogen and oxygen atoms in total. The second kappa shape index (κ2) is 10.8. The third-order valence-electron chi connectivity index (χ3n) is 4.40. The number of nitro groups is 1. The lowest BCUT2D eigenvalue weighted by Crippen LogP contribution is -2.34. The number of rotatable bonds is 8. The number of nitrogens with zero attached hydrogens (tertiary/aromatic N) is 1. The predicted molar refractivity (Wildman–Crippen MR) is 123 cm³/mol. The molecule has 158 valence electrons. The topological polar surface area (TPSA) is 93.5 Å². The summed E-state index contributed by atoms with van der Waals surface area (Å²) in [6, 6.07) is 22.8. The van der Waals surface area contributed by atoms with Crippen molar-refractivity contribution in [2.24, 2.45) is 0 Å². The number of benzene rings is 3. The molecule has 0 aliphatic carbocycles. The summed E-state index contributed by atoms with van der Waals surface area (Å²) in [5.41, 5.74) is 2.18. The number of amides is 1. The summed E-state index contributed by atoms with van der Waals surface area (Å²) in [7, 11) is 0. The summed E-state index contributed by atoms with van der Waals surface area (Å²) in [6.45, 7) is 0.616. The van der Waals surface area contributed by atoms with Crippen molar-refractivity contribution < 1.29 is 14.5 Å². The van der Waals surface area contributed by atoms with Gasteiger partial charge >= 0.3 is 0 Å². The van der Waals surface area contributed by atoms with Crippen LogP contribution in [-0.4, -0.2) is 22.5 Å². The van der Waals surface area contributed by atoms with Crippen molar-refractivity contribution >= 4 is 34.6 Å². The zero-order valence-corrected chi connectivity index (χ0v) is 17.4. The van der Waals surface area contributed by atoms with E-state index in [1.807, 2.05) is 30.3 Å². The summed E-state index contributed by atoms with van der Waals surface area (Å²) < 4.78 is 5.76. The molecule has 1 amide bonds. The van der Waals surface area contributed by atoms with Crippen LogP contribution in [0.1, 0.15) is 22.3 Å². The van der Waals surface area contributed by atoms with Crippen molar-refractivity contribution in [2.45, 2.75) is 12.8 Å². The predicted octanol–water partition coefficient (Wildman–Crippen LogP) is 4.73. The van der Waals surface area contributed by atoms with Crippen LogP contribution in [0.4, 0.5) is 11.4 Å². The molecule has 31 heavy (non-hydrogen) atoms. The molecule has 0 saturated heterocycles. The smallest absolute Gasteiger partial charge is 0.269 e. The number of anilines is 1. The van der Waals surface area contributed by atoms with E-state index < -0.39 is 10.8 Å². The van der Waals surface area contributed by atoms with E-state index in [-0.39, 0.29) is 16.4 Å². The van der Waals surface area contributed by atoms with Crippen molar-refractivity contribution in [1.82, 2.24) is 5.32 Å². The molecule has 0 unspecified atom stereocenters. The van der Waals surface area contributed by atoms with E-state index in [0.29, 0.717) is 12.3 Å². The lowest BCUT2D eigenvalue weighted by molar-refractivity contribution is -0.384. The lowest BCUT2D eigenvalue weighted by atomic mass is 10.1. The number of ether oxygens (including phenoxy) is 1. The highest BCUT2D eigenvalue weighted by atomic mass is 32.1. The molecule has 0 aromatic heterocycles. The van der Waals surface area contributed by atoms with Crippen molar-refractivity contribution in [2.75, 3.05) is 11.9 Å². The average molecular weight is 436 g/mol. The summed E-state index contributed by atoms with van der Waals surface area (Å²) in [5, 5.41) is 16.3. The highest BCUT2D eigenvalue weighted by Crippen LogP contribution is 2.16. The quantitative estimate of drug-likeness (QED) is 0.230. The summed E-state index contributed by atoms with van der Waals surface area (Å²) >= 11 is 5.16. The largest absolute Gasteiger partial charge is 0.494 e. The van der Waals surface area contributed by atoms with Crippen LogP contribution in [0, 0.1) is 10.1 Å². The van der Waals surface area contributed by atoms with E-state index >= 15 is 0 Å². The second-order valence-corrected chi connectivity index (χ2v) is 7.08. The lowest BCUT2D eigenvalue weighted by Gasteiger charge is -2.11. The number of nitrogens with one attached hydrogen (secondary N) is 2. The van der Waals surface area contributed by atoms with Gasteiger partial charge in [-0.2, -0.15) is 0 Å². The van der Waals surface area contributed by atoms with E-state index in [1.54, 1.807) is 12.1 Å². The minimum absolute atomic E-state index is 0.0837. The maximum Gasteiger partial charge on any atom is 0.269 e. The first kappa shape index (κ1) is 21.9. The summed E-state index contributed by atoms with van der Waals surface area (Å²) in [6.07, 6.45) is 1.88. The van der Waals surface area contributed by atoms with E-state index in [1.165, 1.54) is 29.8 Å². The van der Waals surface area contributed by atoms with E-state index in [9.17, 15) is 14.9 Å². The van der Waals surface area contributed by atoms with Crippen LogP contribution in [-0.2, 0) is 6.42 Å². The summed E-state index contributed by atoms with van der Waals surface area (Å²) in [4.78, 5) is 22.4. The Kier molecular flexibility index (Phi) is 7.67. The molecule has 0 aliphatic rings. The van der Waals surface area contributed by atoms with Crippen LogP contribution in [0.2, 0.25) is 0 Å². The molecule has 0 saturated carbocycles. The van der Waals surface area contributed by atoms with Crippen molar-refractivity contribution in [1.29, 1.82) is 0 Å². The molecule has 3 aromatic carbocycles. The Hall–Kier alpha value is -3.78. The minimum Gasteiger partial charge on any atom is -0.494 e. The van der Waals surface area contributed by atoms with Gasteiger partial charge in [0.25, 0.3) is 11.6 Å². The van der Waals surface area contributed by atoms with Crippen LogP contribution < -0.4 is 15.4 Å². The fourth-order valence-electron chi connectivity index (χ4n) is 2.82. The molecular weight excluding hydrogens is 414 g/mol. The molecule has 3 aromatic rings. The van der Waals surface area contributed by atoms with Crippen molar-refractivity contribution in [3.63, 3.8) is 0 Å². The SMILES string of the molecule is O=C(NC(=S)Nc1ccc(OCCCc2ccccc2)cc1)c1ccc([N+](=O)[O-])cc1. The molecule has 0 atom stereocenters. The van der Waals surface area contributed by atoms with Gasteiger partial charge in [0.2, 0.25) is 0 Å². The number of nitro benzene ring substituents is 1. The van der Waals surface area contributed by atoms with Gasteiger partial charge in [0.05, 0.1) is 11.5 Å². The Balaban J connectivity index is 1.42. The number of thiocarbonyl (C=S) groups is 1. The Morgan fingerprint density at radius 3 is 2.29 bits per heavy atom. The third-order valence-corrected chi connectivity index (χ3v) is 4.61. The fourth-order valence-corrected chi connectivity index (χ4v) is 3.03. The van der Waals surface area contributed by atoms with Gasteiger partial charge in [-0.15, -0.1) is 0 Å². The molecule has 0 fully saturated rings. The van der Waals surface area contributed by atoms with Crippen LogP contribution in [0.15, 0.2) is 78.9 Å². The normalized spacial score (nSPS) is 10.2. The number of carbonyl (C=O) groups excluding carboxylic acids is 1. The molecule has 0 radical (unpaired) electrons.